The lowest BCUT2D eigenvalue weighted by Crippen LogP contribution is -2.31. The minimum atomic E-state index is -0.0581. The maximum Gasteiger partial charge on any atom is 0.271 e. The van der Waals surface area contributed by atoms with Crippen molar-refractivity contribution in [2.45, 2.75) is 25.8 Å². The van der Waals surface area contributed by atoms with Crippen molar-refractivity contribution in [3.63, 3.8) is 0 Å². The molecule has 1 saturated heterocycles. The van der Waals surface area contributed by atoms with Gasteiger partial charge in [-0.25, -0.2) is 0 Å². The van der Waals surface area contributed by atoms with Crippen molar-refractivity contribution in [2.24, 2.45) is 7.05 Å². The summed E-state index contributed by atoms with van der Waals surface area (Å²) < 4.78 is 12.4. The van der Waals surface area contributed by atoms with Crippen molar-refractivity contribution in [3.05, 3.63) is 47.3 Å². The van der Waals surface area contributed by atoms with Crippen LogP contribution in [0.1, 0.15) is 52.2 Å². The topological polar surface area (TPSA) is 60.8 Å². The number of hydrogen-bond acceptors (Lipinski definition) is 4. The quantitative estimate of drug-likeness (QED) is 0.772. The molecule has 1 amide bonds. The molecule has 0 N–H and O–H groups in total. The van der Waals surface area contributed by atoms with Gasteiger partial charge >= 0.3 is 0 Å². The molecular formula is C20H24N2O4. The Morgan fingerprint density at radius 1 is 1.12 bits per heavy atom. The fourth-order valence-electron chi connectivity index (χ4n) is 3.53. The first-order valence-electron chi connectivity index (χ1n) is 8.66. The number of carbonyl (C=O) groups is 2. The highest BCUT2D eigenvalue weighted by atomic mass is 16.5. The number of hydrogen-bond donors (Lipinski definition) is 0. The Kier molecular flexibility index (Phi) is 5.02. The molecule has 0 saturated carbocycles. The minimum Gasteiger partial charge on any atom is -0.493 e. The first kappa shape index (κ1) is 18.0. The number of nitrogens with zero attached hydrogens (tertiary/aromatic N) is 2. The fraction of sp³-hybridized carbons (Fsp3) is 0.400. The Bertz CT molecular complexity index is 840. The van der Waals surface area contributed by atoms with Gasteiger partial charge in [-0.15, -0.1) is 0 Å². The Balaban J connectivity index is 1.91. The van der Waals surface area contributed by atoms with Crippen molar-refractivity contribution in [1.82, 2.24) is 9.47 Å². The predicted octanol–water partition coefficient (Wildman–Crippen LogP) is 3.22. The van der Waals surface area contributed by atoms with Crippen LogP contribution < -0.4 is 9.47 Å². The van der Waals surface area contributed by atoms with Crippen molar-refractivity contribution < 1.29 is 19.1 Å². The lowest BCUT2D eigenvalue weighted by atomic mass is 10.0. The van der Waals surface area contributed by atoms with Gasteiger partial charge in [-0.05, 0) is 43.5 Å². The van der Waals surface area contributed by atoms with Gasteiger partial charge in [0.2, 0.25) is 0 Å². The van der Waals surface area contributed by atoms with Crippen molar-refractivity contribution in [3.8, 4) is 11.5 Å². The van der Waals surface area contributed by atoms with Crippen LogP contribution in [0.4, 0.5) is 0 Å². The maximum atomic E-state index is 13.1. The summed E-state index contributed by atoms with van der Waals surface area (Å²) in [6.07, 6.45) is 3.54. The zero-order valence-corrected chi connectivity index (χ0v) is 15.6. The second kappa shape index (κ2) is 7.23. The smallest absolute Gasteiger partial charge is 0.271 e. The van der Waals surface area contributed by atoms with Gasteiger partial charge in [-0.2, -0.15) is 0 Å². The molecular weight excluding hydrogens is 332 g/mol. The van der Waals surface area contributed by atoms with Gasteiger partial charge in [0.25, 0.3) is 5.91 Å². The van der Waals surface area contributed by atoms with E-state index in [0.717, 1.165) is 18.4 Å². The third-order valence-corrected chi connectivity index (χ3v) is 4.94. The number of ketones is 1. The number of methoxy groups -OCH3 is 2. The van der Waals surface area contributed by atoms with Crippen LogP contribution in [-0.2, 0) is 7.05 Å². The molecule has 3 rings (SSSR count). The molecule has 0 spiro atoms. The minimum absolute atomic E-state index is 0.0158. The molecule has 1 aromatic carbocycles. The molecule has 6 heteroatoms. The number of aromatic nitrogens is 1. The lowest BCUT2D eigenvalue weighted by molar-refractivity contribution is 0.0725. The third kappa shape index (κ3) is 3.19. The normalized spacial score (nSPS) is 16.6. The molecule has 1 fully saturated rings. The summed E-state index contributed by atoms with van der Waals surface area (Å²) in [5.41, 5.74) is 2.11. The molecule has 2 aromatic rings. The summed E-state index contributed by atoms with van der Waals surface area (Å²) in [4.78, 5) is 26.6. The van der Waals surface area contributed by atoms with E-state index in [1.54, 1.807) is 38.1 Å². The average Bonchev–Trinajstić information content (AvgIpc) is 3.27. The Hall–Kier alpha value is -2.76. The van der Waals surface area contributed by atoms with Crippen LogP contribution in [-0.4, -0.2) is 41.9 Å². The fourth-order valence-corrected chi connectivity index (χ4v) is 3.53. The number of aryl methyl sites for hydroxylation is 1. The largest absolute Gasteiger partial charge is 0.493 e. The van der Waals surface area contributed by atoms with Gasteiger partial charge in [0.15, 0.2) is 17.3 Å². The van der Waals surface area contributed by atoms with Crippen LogP contribution in [0.3, 0.4) is 0 Å². The standard InChI is InChI=1S/C20H24N2O4/c1-13(23)15-10-17(21(2)12-15)20(24)22-9-5-6-16(22)14-7-8-18(25-3)19(11-14)26-4/h7-8,10-12,16H,5-6,9H2,1-4H3/t16-/m1/s1. The van der Waals surface area contributed by atoms with Crippen LogP contribution in [0.25, 0.3) is 0 Å². The van der Waals surface area contributed by atoms with E-state index < -0.39 is 0 Å². The first-order chi connectivity index (χ1) is 12.5. The number of benzene rings is 1. The van der Waals surface area contributed by atoms with Crippen LogP contribution in [0, 0.1) is 0 Å². The second-order valence-corrected chi connectivity index (χ2v) is 6.55. The molecule has 138 valence electrons. The monoisotopic (exact) mass is 356 g/mol. The zero-order chi connectivity index (χ0) is 18.8. The maximum absolute atomic E-state index is 13.1. The highest BCUT2D eigenvalue weighted by Crippen LogP contribution is 2.37. The molecule has 26 heavy (non-hydrogen) atoms. The molecule has 1 aromatic heterocycles. The van der Waals surface area contributed by atoms with E-state index in [9.17, 15) is 9.59 Å². The molecule has 0 unspecified atom stereocenters. The van der Waals surface area contributed by atoms with Gasteiger partial charge < -0.3 is 18.9 Å². The highest BCUT2D eigenvalue weighted by molar-refractivity contribution is 5.99. The molecule has 0 radical (unpaired) electrons. The molecule has 0 bridgehead atoms. The predicted molar refractivity (Wildman–Crippen MR) is 98.0 cm³/mol. The number of rotatable bonds is 5. The Morgan fingerprint density at radius 3 is 2.46 bits per heavy atom. The van der Waals surface area contributed by atoms with Crippen LogP contribution in [0.2, 0.25) is 0 Å². The molecule has 1 aliphatic rings. The second-order valence-electron chi connectivity index (χ2n) is 6.55. The number of carbonyl (C=O) groups excluding carboxylic acids is 2. The van der Waals surface area contributed by atoms with E-state index in [4.69, 9.17) is 9.47 Å². The van der Waals surface area contributed by atoms with E-state index >= 15 is 0 Å². The summed E-state index contributed by atoms with van der Waals surface area (Å²) in [5, 5.41) is 0. The van der Waals surface area contributed by atoms with Crippen LogP contribution >= 0.6 is 0 Å². The van der Waals surface area contributed by atoms with Crippen LogP contribution in [0.15, 0.2) is 30.5 Å². The summed E-state index contributed by atoms with van der Waals surface area (Å²) in [6, 6.07) is 7.43. The van der Waals surface area contributed by atoms with Crippen molar-refractivity contribution in [2.75, 3.05) is 20.8 Å². The van der Waals surface area contributed by atoms with E-state index in [-0.39, 0.29) is 17.7 Å². The average molecular weight is 356 g/mol. The number of likely N-dealkylation sites (tertiary alicyclic amines) is 1. The van der Waals surface area contributed by atoms with E-state index in [1.165, 1.54) is 6.92 Å². The zero-order valence-electron chi connectivity index (χ0n) is 15.6. The van der Waals surface area contributed by atoms with E-state index in [1.807, 2.05) is 23.1 Å². The van der Waals surface area contributed by atoms with E-state index in [2.05, 4.69) is 0 Å². The van der Waals surface area contributed by atoms with Gasteiger partial charge in [0.05, 0.1) is 20.3 Å². The summed E-state index contributed by atoms with van der Waals surface area (Å²) in [6.45, 7) is 2.20. The molecule has 1 atom stereocenters. The van der Waals surface area contributed by atoms with Gasteiger partial charge in [0.1, 0.15) is 5.69 Å². The SMILES string of the molecule is COc1ccc([C@H]2CCCN2C(=O)c2cc(C(C)=O)cn2C)cc1OC. The summed E-state index contributed by atoms with van der Waals surface area (Å²) in [5.74, 6) is 1.22. The summed E-state index contributed by atoms with van der Waals surface area (Å²) >= 11 is 0. The van der Waals surface area contributed by atoms with Gasteiger partial charge in [-0.3, -0.25) is 9.59 Å². The molecule has 6 nitrogen and oxygen atoms in total. The van der Waals surface area contributed by atoms with Crippen LogP contribution in [0.5, 0.6) is 11.5 Å². The first-order valence-corrected chi connectivity index (χ1v) is 8.66. The molecule has 2 heterocycles. The number of ether oxygens (including phenoxy) is 2. The molecule has 1 aliphatic heterocycles. The van der Waals surface area contributed by atoms with Crippen molar-refractivity contribution >= 4 is 11.7 Å². The van der Waals surface area contributed by atoms with Crippen molar-refractivity contribution in [1.29, 1.82) is 0 Å². The van der Waals surface area contributed by atoms with Gasteiger partial charge in [-0.1, -0.05) is 6.07 Å². The van der Waals surface area contributed by atoms with Gasteiger partial charge in [0, 0.05) is 25.4 Å². The molecule has 0 aliphatic carbocycles. The Morgan fingerprint density at radius 2 is 1.85 bits per heavy atom. The highest BCUT2D eigenvalue weighted by Gasteiger charge is 2.32. The summed E-state index contributed by atoms with van der Waals surface area (Å²) in [7, 11) is 5.00. The Labute approximate surface area is 153 Å². The van der Waals surface area contributed by atoms with E-state index in [0.29, 0.717) is 29.3 Å². The lowest BCUT2D eigenvalue weighted by Gasteiger charge is -2.26. The third-order valence-electron chi connectivity index (χ3n) is 4.94. The number of amides is 1. The number of Topliss-reactive ketones (excluding diaryl/α,β-unsaturated/α-hetero) is 1.